The molecule has 0 radical (unpaired) electrons. The molecule has 0 aliphatic rings. The highest BCUT2D eigenvalue weighted by Gasteiger charge is 2.10. The highest BCUT2D eigenvalue weighted by Crippen LogP contribution is 2.20. The number of aromatic hydroxyl groups is 1. The van der Waals surface area contributed by atoms with Crippen molar-refractivity contribution >= 4 is 11.6 Å². The molecule has 0 bridgehead atoms. The van der Waals surface area contributed by atoms with E-state index >= 15 is 0 Å². The van der Waals surface area contributed by atoms with Gasteiger partial charge in [-0.2, -0.15) is 5.26 Å². The first-order valence-corrected chi connectivity index (χ1v) is 6.13. The Morgan fingerprint density at radius 2 is 1.85 bits per heavy atom. The molecule has 0 aliphatic carbocycles. The summed E-state index contributed by atoms with van der Waals surface area (Å²) in [5.41, 5.74) is 3.03. The summed E-state index contributed by atoms with van der Waals surface area (Å²) in [7, 11) is 0. The maximum absolute atomic E-state index is 12.1. The number of aryl methyl sites for hydroxylation is 2. The number of carbonyl (C=O) groups excluding carboxylic acids is 1. The standard InChI is InChI=1S/C16H14N2O2/c1-10-3-5-12(9-17)7-14(10)18-16(20)13-6-4-11(2)15(19)8-13/h3-8,19H,1-2H3,(H,18,20). The Morgan fingerprint density at radius 1 is 1.15 bits per heavy atom. The lowest BCUT2D eigenvalue weighted by atomic mass is 10.1. The van der Waals surface area contributed by atoms with Crippen molar-refractivity contribution < 1.29 is 9.90 Å². The van der Waals surface area contributed by atoms with Gasteiger partial charge in [0.05, 0.1) is 11.6 Å². The minimum absolute atomic E-state index is 0.0835. The topological polar surface area (TPSA) is 73.1 Å². The molecule has 20 heavy (non-hydrogen) atoms. The van der Waals surface area contributed by atoms with Crippen LogP contribution >= 0.6 is 0 Å². The molecular formula is C16H14N2O2. The average Bonchev–Trinajstić information content (AvgIpc) is 2.44. The van der Waals surface area contributed by atoms with Crippen LogP contribution in [0.2, 0.25) is 0 Å². The molecule has 2 aromatic rings. The fourth-order valence-corrected chi connectivity index (χ4v) is 1.77. The van der Waals surface area contributed by atoms with Gasteiger partial charge >= 0.3 is 0 Å². The van der Waals surface area contributed by atoms with Gasteiger partial charge in [0.2, 0.25) is 0 Å². The Kier molecular flexibility index (Phi) is 3.72. The molecule has 2 aromatic carbocycles. The highest BCUT2D eigenvalue weighted by molar-refractivity contribution is 6.05. The lowest BCUT2D eigenvalue weighted by Crippen LogP contribution is -2.12. The van der Waals surface area contributed by atoms with Crippen LogP contribution in [0, 0.1) is 25.2 Å². The number of hydrogen-bond acceptors (Lipinski definition) is 3. The van der Waals surface area contributed by atoms with Crippen molar-refractivity contribution in [3.63, 3.8) is 0 Å². The maximum Gasteiger partial charge on any atom is 0.255 e. The predicted octanol–water partition coefficient (Wildman–Crippen LogP) is 3.13. The zero-order valence-corrected chi connectivity index (χ0v) is 11.3. The second-order valence-corrected chi connectivity index (χ2v) is 4.60. The molecule has 0 spiro atoms. The van der Waals surface area contributed by atoms with Crippen LogP contribution in [0.3, 0.4) is 0 Å². The summed E-state index contributed by atoms with van der Waals surface area (Å²) in [6.45, 7) is 3.61. The number of phenols is 1. The van der Waals surface area contributed by atoms with E-state index in [1.807, 2.05) is 13.0 Å². The number of nitrogens with zero attached hydrogens (tertiary/aromatic N) is 1. The summed E-state index contributed by atoms with van der Waals surface area (Å²) in [6, 6.07) is 11.9. The van der Waals surface area contributed by atoms with Crippen molar-refractivity contribution in [1.29, 1.82) is 5.26 Å². The fourth-order valence-electron chi connectivity index (χ4n) is 1.77. The van der Waals surface area contributed by atoms with Crippen molar-refractivity contribution in [2.75, 3.05) is 5.32 Å². The van der Waals surface area contributed by atoms with Gasteiger partial charge in [0.15, 0.2) is 0 Å². The Balaban J connectivity index is 2.28. The van der Waals surface area contributed by atoms with E-state index in [-0.39, 0.29) is 11.7 Å². The monoisotopic (exact) mass is 266 g/mol. The van der Waals surface area contributed by atoms with Gasteiger partial charge in [0, 0.05) is 11.3 Å². The Morgan fingerprint density at radius 3 is 2.50 bits per heavy atom. The SMILES string of the molecule is Cc1ccc(C(=O)Nc2cc(C#N)ccc2C)cc1O. The van der Waals surface area contributed by atoms with Crippen LogP contribution in [-0.2, 0) is 0 Å². The molecular weight excluding hydrogens is 252 g/mol. The van der Waals surface area contributed by atoms with Gasteiger partial charge in [0.1, 0.15) is 5.75 Å². The van der Waals surface area contributed by atoms with E-state index in [1.165, 1.54) is 6.07 Å². The van der Waals surface area contributed by atoms with Crippen molar-refractivity contribution in [3.8, 4) is 11.8 Å². The molecule has 100 valence electrons. The van der Waals surface area contributed by atoms with Gasteiger partial charge in [0.25, 0.3) is 5.91 Å². The van der Waals surface area contributed by atoms with E-state index in [2.05, 4.69) is 5.32 Å². The maximum atomic E-state index is 12.1. The smallest absolute Gasteiger partial charge is 0.255 e. The van der Waals surface area contributed by atoms with Crippen molar-refractivity contribution in [3.05, 3.63) is 58.7 Å². The molecule has 2 rings (SSSR count). The summed E-state index contributed by atoms with van der Waals surface area (Å²) in [5, 5.41) is 21.3. The first-order valence-electron chi connectivity index (χ1n) is 6.13. The minimum atomic E-state index is -0.321. The van der Waals surface area contributed by atoms with E-state index in [0.717, 1.165) is 5.56 Å². The van der Waals surface area contributed by atoms with Crippen LogP contribution in [0.5, 0.6) is 5.75 Å². The summed E-state index contributed by atoms with van der Waals surface area (Å²) < 4.78 is 0. The molecule has 0 unspecified atom stereocenters. The lowest BCUT2D eigenvalue weighted by Gasteiger charge is -2.09. The Bertz CT molecular complexity index is 715. The number of anilines is 1. The van der Waals surface area contributed by atoms with Crippen LogP contribution in [0.15, 0.2) is 36.4 Å². The third-order valence-electron chi connectivity index (χ3n) is 3.09. The quantitative estimate of drug-likeness (QED) is 0.877. The van der Waals surface area contributed by atoms with Crippen LogP contribution in [0.25, 0.3) is 0 Å². The van der Waals surface area contributed by atoms with Crippen LogP contribution < -0.4 is 5.32 Å². The van der Waals surface area contributed by atoms with E-state index < -0.39 is 0 Å². The zero-order valence-electron chi connectivity index (χ0n) is 11.3. The van der Waals surface area contributed by atoms with Crippen molar-refractivity contribution in [2.45, 2.75) is 13.8 Å². The number of nitriles is 1. The number of benzene rings is 2. The number of phenolic OH excluding ortho intramolecular Hbond substituents is 1. The van der Waals surface area contributed by atoms with E-state index in [0.29, 0.717) is 22.4 Å². The first-order chi connectivity index (χ1) is 9.51. The van der Waals surface area contributed by atoms with Crippen molar-refractivity contribution in [1.82, 2.24) is 0 Å². The van der Waals surface area contributed by atoms with Gasteiger partial charge in [-0.25, -0.2) is 0 Å². The first kappa shape index (κ1) is 13.6. The number of carbonyl (C=O) groups is 1. The largest absolute Gasteiger partial charge is 0.508 e. The predicted molar refractivity (Wildman–Crippen MR) is 76.7 cm³/mol. The van der Waals surface area contributed by atoms with Crippen LogP contribution in [0.4, 0.5) is 5.69 Å². The van der Waals surface area contributed by atoms with Gasteiger partial charge in [-0.05, 0) is 49.2 Å². The van der Waals surface area contributed by atoms with Crippen LogP contribution in [0.1, 0.15) is 27.0 Å². The number of hydrogen-bond donors (Lipinski definition) is 2. The van der Waals surface area contributed by atoms with Crippen molar-refractivity contribution in [2.24, 2.45) is 0 Å². The number of nitrogens with one attached hydrogen (secondary N) is 1. The van der Waals surface area contributed by atoms with Crippen LogP contribution in [-0.4, -0.2) is 11.0 Å². The molecule has 0 fully saturated rings. The molecule has 2 N–H and O–H groups in total. The van der Waals surface area contributed by atoms with Gasteiger partial charge in [-0.3, -0.25) is 4.79 Å². The second kappa shape index (κ2) is 5.45. The minimum Gasteiger partial charge on any atom is -0.508 e. The molecule has 0 aliphatic heterocycles. The zero-order chi connectivity index (χ0) is 14.7. The van der Waals surface area contributed by atoms with Gasteiger partial charge < -0.3 is 10.4 Å². The Labute approximate surface area is 117 Å². The average molecular weight is 266 g/mol. The van der Waals surface area contributed by atoms with E-state index in [9.17, 15) is 9.90 Å². The molecule has 0 aromatic heterocycles. The highest BCUT2D eigenvalue weighted by atomic mass is 16.3. The third-order valence-corrected chi connectivity index (χ3v) is 3.09. The summed E-state index contributed by atoms with van der Waals surface area (Å²) in [5.74, 6) is -0.237. The normalized spacial score (nSPS) is 9.85. The third kappa shape index (κ3) is 2.78. The number of rotatable bonds is 2. The van der Waals surface area contributed by atoms with Gasteiger partial charge in [-0.15, -0.1) is 0 Å². The summed E-state index contributed by atoms with van der Waals surface area (Å²) in [6.07, 6.45) is 0. The molecule has 1 amide bonds. The molecule has 4 nitrogen and oxygen atoms in total. The van der Waals surface area contributed by atoms with Gasteiger partial charge in [-0.1, -0.05) is 12.1 Å². The molecule has 0 saturated carbocycles. The fraction of sp³-hybridized carbons (Fsp3) is 0.125. The number of amides is 1. The van der Waals surface area contributed by atoms with E-state index in [4.69, 9.17) is 5.26 Å². The molecule has 0 atom stereocenters. The molecule has 0 saturated heterocycles. The Hall–Kier alpha value is -2.80. The molecule has 4 heteroatoms. The lowest BCUT2D eigenvalue weighted by molar-refractivity contribution is 0.102. The summed E-state index contributed by atoms with van der Waals surface area (Å²) >= 11 is 0. The van der Waals surface area contributed by atoms with E-state index in [1.54, 1.807) is 37.3 Å². The summed E-state index contributed by atoms with van der Waals surface area (Å²) in [4.78, 5) is 12.1. The second-order valence-electron chi connectivity index (χ2n) is 4.60. The molecule has 0 heterocycles.